The molecule has 0 fully saturated rings. The number of nitrogens with zero attached hydrogens (tertiary/aromatic N) is 3. The number of anilines is 1. The molecule has 1 aromatic carbocycles. The number of halogens is 4. The van der Waals surface area contributed by atoms with Gasteiger partial charge in [0.1, 0.15) is 5.84 Å². The highest BCUT2D eigenvalue weighted by Gasteiger charge is 2.31. The molecule has 0 saturated heterocycles. The Morgan fingerprint density at radius 1 is 1.35 bits per heavy atom. The van der Waals surface area contributed by atoms with Crippen molar-refractivity contribution in [3.63, 3.8) is 0 Å². The number of alkyl halides is 4. The minimum atomic E-state index is -4.40. The number of benzene rings is 1. The average molecular weight is 346 g/mol. The number of amidine groups is 1. The Hall–Kier alpha value is -2.02. The Labute approximate surface area is 136 Å². The number of rotatable bonds is 5. The van der Waals surface area contributed by atoms with Crippen LogP contribution in [-0.2, 0) is 11.0 Å². The van der Waals surface area contributed by atoms with Crippen LogP contribution in [0.4, 0.5) is 18.9 Å². The van der Waals surface area contributed by atoms with E-state index in [4.69, 9.17) is 11.6 Å². The summed E-state index contributed by atoms with van der Waals surface area (Å²) in [5, 5.41) is 5.71. The van der Waals surface area contributed by atoms with E-state index < -0.39 is 11.7 Å². The van der Waals surface area contributed by atoms with Crippen molar-refractivity contribution in [1.82, 2.24) is 4.90 Å². The summed E-state index contributed by atoms with van der Waals surface area (Å²) >= 11 is 5.52. The molecule has 1 aliphatic rings. The number of carbonyl (C=O) groups is 1. The van der Waals surface area contributed by atoms with E-state index in [9.17, 15) is 18.0 Å². The molecule has 0 radical (unpaired) electrons. The minimum Gasteiger partial charge on any atom is -0.298 e. The first-order valence-corrected chi connectivity index (χ1v) is 7.44. The van der Waals surface area contributed by atoms with Crippen LogP contribution in [0.2, 0.25) is 0 Å². The fraction of sp³-hybridized carbons (Fsp3) is 0.333. The van der Waals surface area contributed by atoms with Crippen LogP contribution in [0, 0.1) is 0 Å². The van der Waals surface area contributed by atoms with E-state index in [-0.39, 0.29) is 0 Å². The zero-order valence-corrected chi connectivity index (χ0v) is 12.9. The van der Waals surface area contributed by atoms with Crippen molar-refractivity contribution in [2.24, 2.45) is 5.10 Å². The van der Waals surface area contributed by atoms with Gasteiger partial charge in [-0.25, -0.2) is 0 Å². The van der Waals surface area contributed by atoms with Crippen LogP contribution in [0.3, 0.4) is 0 Å². The Kier molecular flexibility index (Phi) is 5.65. The molecule has 23 heavy (non-hydrogen) atoms. The van der Waals surface area contributed by atoms with E-state index in [1.54, 1.807) is 18.2 Å². The van der Waals surface area contributed by atoms with E-state index >= 15 is 0 Å². The maximum atomic E-state index is 12.8. The van der Waals surface area contributed by atoms with Gasteiger partial charge in [0.25, 0.3) is 0 Å². The standard InChI is InChI=1S/C15H15ClF3N3O/c16-7-1-2-8-21(11-23)14-6-9-22(20-14)13-5-3-4-12(10-13)15(17,18)19/h1-5,10-11H,6-9H2/b2-1+. The summed E-state index contributed by atoms with van der Waals surface area (Å²) in [5.41, 5.74) is -0.382. The third-order valence-electron chi connectivity index (χ3n) is 3.27. The average Bonchev–Trinajstić information content (AvgIpc) is 3.01. The second-order valence-corrected chi connectivity index (χ2v) is 5.13. The van der Waals surface area contributed by atoms with Gasteiger partial charge in [-0.3, -0.25) is 14.7 Å². The lowest BCUT2D eigenvalue weighted by molar-refractivity contribution is -0.137. The van der Waals surface area contributed by atoms with Crippen LogP contribution in [0.25, 0.3) is 0 Å². The third kappa shape index (κ3) is 4.48. The van der Waals surface area contributed by atoms with E-state index in [0.717, 1.165) is 12.1 Å². The third-order valence-corrected chi connectivity index (χ3v) is 3.45. The molecule has 0 N–H and O–H groups in total. The maximum Gasteiger partial charge on any atom is 0.416 e. The summed E-state index contributed by atoms with van der Waals surface area (Å²) in [6.45, 7) is 0.742. The molecule has 0 atom stereocenters. The lowest BCUT2D eigenvalue weighted by atomic mass is 10.2. The van der Waals surface area contributed by atoms with Gasteiger partial charge >= 0.3 is 6.18 Å². The van der Waals surface area contributed by atoms with Crippen molar-refractivity contribution in [2.75, 3.05) is 24.0 Å². The lowest BCUT2D eigenvalue weighted by Gasteiger charge is -2.16. The van der Waals surface area contributed by atoms with Crippen LogP contribution in [0.1, 0.15) is 12.0 Å². The second-order valence-electron chi connectivity index (χ2n) is 4.82. The van der Waals surface area contributed by atoms with Crippen LogP contribution in [0.15, 0.2) is 41.5 Å². The highest BCUT2D eigenvalue weighted by molar-refractivity contribution is 6.18. The summed E-state index contributed by atoms with van der Waals surface area (Å²) < 4.78 is 38.3. The molecular formula is C15H15ClF3N3O. The lowest BCUT2D eigenvalue weighted by Crippen LogP contribution is -2.28. The summed E-state index contributed by atoms with van der Waals surface area (Å²) in [7, 11) is 0. The molecule has 0 aliphatic carbocycles. The number of hydrazone groups is 1. The van der Waals surface area contributed by atoms with Crippen molar-refractivity contribution in [1.29, 1.82) is 0 Å². The van der Waals surface area contributed by atoms with Crippen molar-refractivity contribution in [2.45, 2.75) is 12.6 Å². The van der Waals surface area contributed by atoms with E-state index in [0.29, 0.717) is 43.3 Å². The molecule has 8 heteroatoms. The van der Waals surface area contributed by atoms with Gasteiger partial charge in [-0.2, -0.15) is 18.3 Å². The van der Waals surface area contributed by atoms with E-state index in [1.807, 2.05) is 0 Å². The second kappa shape index (κ2) is 7.50. The number of hydrogen-bond acceptors (Lipinski definition) is 3. The fourth-order valence-corrected chi connectivity index (χ4v) is 2.26. The summed E-state index contributed by atoms with van der Waals surface area (Å²) in [5.74, 6) is 0.854. The quantitative estimate of drug-likeness (QED) is 0.465. The van der Waals surface area contributed by atoms with Gasteiger partial charge in [-0.15, -0.1) is 11.6 Å². The molecule has 1 heterocycles. The highest BCUT2D eigenvalue weighted by atomic mass is 35.5. The molecule has 1 aliphatic heterocycles. The smallest absolute Gasteiger partial charge is 0.298 e. The molecule has 0 aromatic heterocycles. The van der Waals surface area contributed by atoms with Gasteiger partial charge < -0.3 is 0 Å². The molecular weight excluding hydrogens is 331 g/mol. The Bertz CT molecular complexity index is 616. The van der Waals surface area contributed by atoms with Crippen molar-refractivity contribution >= 4 is 29.5 Å². The molecule has 0 spiro atoms. The molecule has 124 valence electrons. The predicted molar refractivity (Wildman–Crippen MR) is 83.5 cm³/mol. The van der Waals surface area contributed by atoms with Crippen LogP contribution < -0.4 is 5.01 Å². The van der Waals surface area contributed by atoms with E-state index in [2.05, 4.69) is 5.10 Å². The highest BCUT2D eigenvalue weighted by Crippen LogP contribution is 2.32. The van der Waals surface area contributed by atoms with Crippen molar-refractivity contribution in [3.05, 3.63) is 42.0 Å². The number of hydrogen-bond donors (Lipinski definition) is 0. The summed E-state index contributed by atoms with van der Waals surface area (Å²) in [6.07, 6.45) is 0.162. The van der Waals surface area contributed by atoms with Crippen LogP contribution in [-0.4, -0.2) is 36.1 Å². The first-order valence-electron chi connectivity index (χ1n) is 6.91. The van der Waals surface area contributed by atoms with Crippen molar-refractivity contribution < 1.29 is 18.0 Å². The first-order chi connectivity index (χ1) is 11.0. The zero-order chi connectivity index (χ0) is 16.9. The SMILES string of the molecule is O=CN(C/C=C/CCl)C1=NN(c2cccc(C(F)(F)F)c2)CC1. The largest absolute Gasteiger partial charge is 0.416 e. The van der Waals surface area contributed by atoms with E-state index in [1.165, 1.54) is 16.0 Å². The minimum absolute atomic E-state index is 0.325. The topological polar surface area (TPSA) is 35.9 Å². The predicted octanol–water partition coefficient (Wildman–Crippen LogP) is 3.48. The van der Waals surface area contributed by atoms with Crippen LogP contribution in [0.5, 0.6) is 0 Å². The Morgan fingerprint density at radius 2 is 2.13 bits per heavy atom. The maximum absolute atomic E-state index is 12.8. The Balaban J connectivity index is 2.15. The van der Waals surface area contributed by atoms with Gasteiger partial charge in [0.15, 0.2) is 0 Å². The zero-order valence-electron chi connectivity index (χ0n) is 12.1. The molecule has 1 aromatic rings. The molecule has 0 bridgehead atoms. The number of amides is 1. The normalized spacial score (nSPS) is 15.1. The number of carbonyl (C=O) groups excluding carboxylic acids is 1. The molecule has 2 rings (SSSR count). The molecule has 4 nitrogen and oxygen atoms in total. The number of allylic oxidation sites excluding steroid dienone is 1. The van der Waals surface area contributed by atoms with Crippen molar-refractivity contribution in [3.8, 4) is 0 Å². The molecule has 0 unspecified atom stereocenters. The van der Waals surface area contributed by atoms with Gasteiger partial charge in [-0.1, -0.05) is 18.2 Å². The Morgan fingerprint density at radius 3 is 2.78 bits per heavy atom. The first kappa shape index (κ1) is 17.3. The monoisotopic (exact) mass is 345 g/mol. The van der Waals surface area contributed by atoms with Gasteiger partial charge in [0, 0.05) is 25.4 Å². The van der Waals surface area contributed by atoms with Gasteiger partial charge in [0.05, 0.1) is 11.3 Å². The van der Waals surface area contributed by atoms with Crippen LogP contribution >= 0.6 is 11.6 Å². The van der Waals surface area contributed by atoms with Gasteiger partial charge in [0.2, 0.25) is 6.41 Å². The summed E-state index contributed by atoms with van der Waals surface area (Å²) in [6, 6.07) is 4.96. The van der Waals surface area contributed by atoms with Gasteiger partial charge in [-0.05, 0) is 18.2 Å². The summed E-state index contributed by atoms with van der Waals surface area (Å²) in [4.78, 5) is 12.5. The molecule has 0 saturated carbocycles. The fourth-order valence-electron chi connectivity index (χ4n) is 2.14. The molecule has 1 amide bonds.